The smallest absolute Gasteiger partial charge is 0.223 e. The summed E-state index contributed by atoms with van der Waals surface area (Å²) in [5.74, 6) is 0.247. The molecule has 1 spiro atoms. The summed E-state index contributed by atoms with van der Waals surface area (Å²) in [4.78, 5) is 14.8. The highest BCUT2D eigenvalue weighted by molar-refractivity contribution is 5.83. The number of halogens is 1. The number of hydrogen-bond donors (Lipinski definition) is 2. The first kappa shape index (κ1) is 15.9. The Morgan fingerprint density at radius 1 is 1.33 bits per heavy atom. The predicted molar refractivity (Wildman–Crippen MR) is 92.4 cm³/mol. The van der Waals surface area contributed by atoms with E-state index in [1.54, 1.807) is 12.1 Å². The highest BCUT2D eigenvalue weighted by atomic mass is 19.1. The van der Waals surface area contributed by atoms with E-state index < -0.39 is 0 Å². The topological polar surface area (TPSA) is 44.4 Å². The lowest BCUT2D eigenvalue weighted by Crippen LogP contribution is -2.48. The summed E-state index contributed by atoms with van der Waals surface area (Å²) in [6.07, 6.45) is 5.36. The van der Waals surface area contributed by atoms with Gasteiger partial charge in [0.05, 0.1) is 0 Å². The van der Waals surface area contributed by atoms with Crippen molar-refractivity contribution in [1.29, 1.82) is 0 Å². The maximum Gasteiger partial charge on any atom is 0.223 e. The van der Waals surface area contributed by atoms with Crippen LogP contribution in [0.3, 0.4) is 0 Å². The number of piperidine rings is 2. The molecule has 4 nitrogen and oxygen atoms in total. The van der Waals surface area contributed by atoms with Gasteiger partial charge in [-0.05, 0) is 68.8 Å². The molecular weight excluding hydrogens is 305 g/mol. The average Bonchev–Trinajstić information content (AvgIpc) is 3.29. The van der Waals surface area contributed by atoms with Crippen molar-refractivity contribution in [2.45, 2.75) is 38.1 Å². The summed E-state index contributed by atoms with van der Waals surface area (Å²) in [5.41, 5.74) is 1.20. The van der Waals surface area contributed by atoms with Crippen LogP contribution in [-0.4, -0.2) is 38.1 Å². The number of anilines is 1. The fraction of sp³-hybridized carbons (Fsp3) is 0.632. The van der Waals surface area contributed by atoms with Gasteiger partial charge in [-0.25, -0.2) is 4.39 Å². The molecule has 2 saturated heterocycles. The van der Waals surface area contributed by atoms with Crippen molar-refractivity contribution in [2.75, 3.05) is 31.1 Å². The zero-order valence-corrected chi connectivity index (χ0v) is 14.1. The molecule has 2 unspecified atom stereocenters. The molecule has 3 aliphatic rings. The Hall–Kier alpha value is -1.62. The Morgan fingerprint density at radius 2 is 2.17 bits per heavy atom. The van der Waals surface area contributed by atoms with Crippen molar-refractivity contribution in [1.82, 2.24) is 10.6 Å². The second-order valence-electron chi connectivity index (χ2n) is 7.64. The molecule has 0 aromatic heterocycles. The molecule has 0 bridgehead atoms. The van der Waals surface area contributed by atoms with Crippen LogP contribution in [0, 0.1) is 17.2 Å². The number of carbonyl (C=O) groups is 1. The third-order valence-corrected chi connectivity index (χ3v) is 6.05. The second kappa shape index (κ2) is 6.36. The van der Waals surface area contributed by atoms with Gasteiger partial charge in [-0.1, -0.05) is 6.07 Å². The molecule has 1 aromatic carbocycles. The van der Waals surface area contributed by atoms with Gasteiger partial charge in [0.25, 0.3) is 0 Å². The van der Waals surface area contributed by atoms with Gasteiger partial charge in [-0.2, -0.15) is 0 Å². The van der Waals surface area contributed by atoms with Crippen LogP contribution in [0.25, 0.3) is 0 Å². The molecule has 1 aliphatic carbocycles. The maximum atomic E-state index is 13.4. The standard InChI is InChI=1S/C19H26FN3O/c20-14-3-1-5-16(11-14)23-10-2-4-15(13-23)22-18(24)17-12-19(17)6-8-21-9-7-19/h1,3,5,11,15,17,21H,2,4,6-10,12-13H2,(H,22,24). The Kier molecular flexibility index (Phi) is 4.21. The van der Waals surface area contributed by atoms with Gasteiger partial charge in [0.1, 0.15) is 5.82 Å². The van der Waals surface area contributed by atoms with Crippen LogP contribution >= 0.6 is 0 Å². The number of hydrogen-bond acceptors (Lipinski definition) is 3. The average molecular weight is 331 g/mol. The molecule has 0 radical (unpaired) electrons. The first-order valence-electron chi connectivity index (χ1n) is 9.18. The number of rotatable bonds is 3. The fourth-order valence-corrected chi connectivity index (χ4v) is 4.50. The summed E-state index contributed by atoms with van der Waals surface area (Å²) in [7, 11) is 0. The number of nitrogens with zero attached hydrogens (tertiary/aromatic N) is 1. The van der Waals surface area contributed by atoms with E-state index in [0.29, 0.717) is 0 Å². The Bertz CT molecular complexity index is 614. The minimum Gasteiger partial charge on any atom is -0.369 e. The van der Waals surface area contributed by atoms with Crippen LogP contribution in [-0.2, 0) is 4.79 Å². The maximum absolute atomic E-state index is 13.4. The lowest BCUT2D eigenvalue weighted by Gasteiger charge is -2.35. The quantitative estimate of drug-likeness (QED) is 0.893. The lowest BCUT2D eigenvalue weighted by molar-refractivity contribution is -0.124. The van der Waals surface area contributed by atoms with Gasteiger partial charge in [-0.3, -0.25) is 4.79 Å². The third-order valence-electron chi connectivity index (χ3n) is 6.05. The SMILES string of the molecule is O=C(NC1CCCN(c2cccc(F)c2)C1)C1CC12CCNCC2. The fourth-order valence-electron chi connectivity index (χ4n) is 4.50. The van der Waals surface area contributed by atoms with E-state index in [1.807, 2.05) is 6.07 Å². The summed E-state index contributed by atoms with van der Waals surface area (Å²) in [6.45, 7) is 3.78. The minimum atomic E-state index is -0.204. The van der Waals surface area contributed by atoms with Gasteiger partial charge >= 0.3 is 0 Å². The van der Waals surface area contributed by atoms with Gasteiger partial charge in [0.15, 0.2) is 0 Å². The van der Waals surface area contributed by atoms with E-state index in [4.69, 9.17) is 0 Å². The van der Waals surface area contributed by atoms with E-state index >= 15 is 0 Å². The van der Waals surface area contributed by atoms with Crippen LogP contribution in [0.4, 0.5) is 10.1 Å². The third kappa shape index (κ3) is 3.14. The Morgan fingerprint density at radius 3 is 2.96 bits per heavy atom. The molecule has 24 heavy (non-hydrogen) atoms. The molecule has 2 heterocycles. The molecule has 1 amide bonds. The van der Waals surface area contributed by atoms with Crippen LogP contribution < -0.4 is 15.5 Å². The molecule has 2 N–H and O–H groups in total. The number of nitrogens with one attached hydrogen (secondary N) is 2. The van der Waals surface area contributed by atoms with E-state index in [-0.39, 0.29) is 29.1 Å². The molecule has 1 aromatic rings. The largest absolute Gasteiger partial charge is 0.369 e. The summed E-state index contributed by atoms with van der Waals surface area (Å²) in [5, 5.41) is 6.65. The monoisotopic (exact) mass is 331 g/mol. The number of carbonyl (C=O) groups excluding carboxylic acids is 1. The molecule has 130 valence electrons. The Labute approximate surface area is 142 Å². The van der Waals surface area contributed by atoms with E-state index in [9.17, 15) is 9.18 Å². The van der Waals surface area contributed by atoms with Crippen LogP contribution in [0.2, 0.25) is 0 Å². The van der Waals surface area contributed by atoms with Crippen LogP contribution in [0.15, 0.2) is 24.3 Å². The van der Waals surface area contributed by atoms with Crippen molar-refractivity contribution in [3.05, 3.63) is 30.1 Å². The first-order valence-corrected chi connectivity index (χ1v) is 9.18. The second-order valence-corrected chi connectivity index (χ2v) is 7.64. The Balaban J connectivity index is 1.34. The zero-order chi connectivity index (χ0) is 16.6. The van der Waals surface area contributed by atoms with Crippen LogP contribution in [0.5, 0.6) is 0 Å². The first-order chi connectivity index (χ1) is 11.7. The van der Waals surface area contributed by atoms with Gasteiger partial charge < -0.3 is 15.5 Å². The normalized spacial score (nSPS) is 28.6. The summed E-state index contributed by atoms with van der Waals surface area (Å²) >= 11 is 0. The molecule has 1 saturated carbocycles. The van der Waals surface area contributed by atoms with Gasteiger partial charge in [0, 0.05) is 30.7 Å². The minimum absolute atomic E-state index is 0.175. The van der Waals surface area contributed by atoms with E-state index in [0.717, 1.165) is 64.0 Å². The van der Waals surface area contributed by atoms with Crippen molar-refractivity contribution in [2.24, 2.45) is 11.3 Å². The van der Waals surface area contributed by atoms with Crippen molar-refractivity contribution < 1.29 is 9.18 Å². The van der Waals surface area contributed by atoms with E-state index in [2.05, 4.69) is 15.5 Å². The van der Waals surface area contributed by atoms with Gasteiger partial charge in [0.2, 0.25) is 5.91 Å². The predicted octanol–water partition coefficient (Wildman–Crippen LogP) is 2.30. The van der Waals surface area contributed by atoms with E-state index in [1.165, 1.54) is 6.07 Å². The zero-order valence-electron chi connectivity index (χ0n) is 14.1. The van der Waals surface area contributed by atoms with Crippen molar-refractivity contribution in [3.8, 4) is 0 Å². The van der Waals surface area contributed by atoms with Crippen molar-refractivity contribution in [3.63, 3.8) is 0 Å². The highest BCUT2D eigenvalue weighted by Gasteiger charge is 2.57. The lowest BCUT2D eigenvalue weighted by atomic mass is 9.91. The molecule has 5 heteroatoms. The summed E-state index contributed by atoms with van der Waals surface area (Å²) < 4.78 is 13.4. The number of amides is 1. The number of benzene rings is 1. The molecule has 4 rings (SSSR count). The molecular formula is C19H26FN3O. The summed E-state index contributed by atoms with van der Waals surface area (Å²) in [6, 6.07) is 6.91. The van der Waals surface area contributed by atoms with Crippen molar-refractivity contribution >= 4 is 11.6 Å². The molecule has 3 fully saturated rings. The van der Waals surface area contributed by atoms with Crippen LogP contribution in [0.1, 0.15) is 32.1 Å². The highest BCUT2D eigenvalue weighted by Crippen LogP contribution is 2.58. The van der Waals surface area contributed by atoms with Gasteiger partial charge in [-0.15, -0.1) is 0 Å². The molecule has 2 atom stereocenters. The molecule has 2 aliphatic heterocycles.